The molecule has 3 aromatic rings. The molecule has 0 amide bonds. The molecule has 2 fully saturated rings. The van der Waals surface area contributed by atoms with E-state index < -0.39 is 0 Å². The average molecular weight is 434 g/mol. The highest BCUT2D eigenvalue weighted by Crippen LogP contribution is 2.41. The molecule has 0 spiro atoms. The van der Waals surface area contributed by atoms with Crippen molar-refractivity contribution in [3.8, 4) is 0 Å². The molecule has 2 saturated heterocycles. The Balaban J connectivity index is 1.41. The third-order valence-corrected chi connectivity index (χ3v) is 7.27. The second-order valence-electron chi connectivity index (χ2n) is 9.26. The number of aromatic nitrogens is 3. The predicted molar refractivity (Wildman–Crippen MR) is 127 cm³/mol. The molecule has 5 heterocycles. The first-order valence-corrected chi connectivity index (χ1v) is 12.1. The van der Waals surface area contributed by atoms with Crippen LogP contribution in [0.4, 0.5) is 0 Å². The highest BCUT2D eigenvalue weighted by atomic mass is 16.5. The molecule has 2 atom stereocenters. The molecule has 3 aromatic heterocycles. The van der Waals surface area contributed by atoms with Crippen molar-refractivity contribution in [3.63, 3.8) is 0 Å². The summed E-state index contributed by atoms with van der Waals surface area (Å²) in [4.78, 5) is 15.0. The van der Waals surface area contributed by atoms with Crippen LogP contribution in [0.3, 0.4) is 0 Å². The minimum Gasteiger partial charge on any atom is -0.379 e. The van der Waals surface area contributed by atoms with Gasteiger partial charge in [-0.15, -0.1) is 0 Å². The second-order valence-corrected chi connectivity index (χ2v) is 9.26. The van der Waals surface area contributed by atoms with Crippen LogP contribution in [0.15, 0.2) is 42.7 Å². The second kappa shape index (κ2) is 9.69. The first-order valence-electron chi connectivity index (χ1n) is 12.1. The van der Waals surface area contributed by atoms with E-state index in [2.05, 4.69) is 58.6 Å². The zero-order chi connectivity index (χ0) is 21.9. The summed E-state index contributed by atoms with van der Waals surface area (Å²) in [6, 6.07) is 11.2. The summed E-state index contributed by atoms with van der Waals surface area (Å²) in [7, 11) is 2.27. The van der Waals surface area contributed by atoms with Crippen LogP contribution in [0.25, 0.3) is 5.65 Å². The van der Waals surface area contributed by atoms with Crippen LogP contribution in [0.2, 0.25) is 0 Å². The lowest BCUT2D eigenvalue weighted by molar-refractivity contribution is 0.0374. The zero-order valence-electron chi connectivity index (χ0n) is 19.4. The predicted octanol–water partition coefficient (Wildman–Crippen LogP) is 4.20. The normalized spacial score (nSPS) is 23.1. The Morgan fingerprint density at radius 2 is 1.84 bits per heavy atom. The van der Waals surface area contributed by atoms with Gasteiger partial charge < -0.3 is 9.14 Å². The highest BCUT2D eigenvalue weighted by molar-refractivity contribution is 5.44. The number of imidazole rings is 1. The number of rotatable bonds is 6. The number of fused-ring (bicyclic) bond motifs is 1. The third-order valence-electron chi connectivity index (χ3n) is 7.27. The Kier molecular flexibility index (Phi) is 6.53. The lowest BCUT2D eigenvalue weighted by Crippen LogP contribution is -2.37. The summed E-state index contributed by atoms with van der Waals surface area (Å²) < 4.78 is 7.83. The van der Waals surface area contributed by atoms with Crippen LogP contribution in [0.1, 0.15) is 60.4 Å². The summed E-state index contributed by atoms with van der Waals surface area (Å²) in [5.41, 5.74) is 6.21. The first-order chi connectivity index (χ1) is 15.7. The van der Waals surface area contributed by atoms with E-state index in [0.717, 1.165) is 64.2 Å². The molecular weight excluding hydrogens is 398 g/mol. The van der Waals surface area contributed by atoms with E-state index in [4.69, 9.17) is 14.7 Å². The molecule has 0 aromatic carbocycles. The SMILES string of the molecule is Cc1cccnc1[C@@H]1CCC[C@H](c2nc3ccccn3c2CCCN2CCOCC2)N1C. The Labute approximate surface area is 191 Å². The van der Waals surface area contributed by atoms with Crippen molar-refractivity contribution in [2.24, 2.45) is 0 Å². The van der Waals surface area contributed by atoms with Crippen molar-refractivity contribution in [1.82, 2.24) is 24.2 Å². The lowest BCUT2D eigenvalue weighted by atomic mass is 9.90. The molecular formula is C26H35N5O. The minimum atomic E-state index is 0.327. The summed E-state index contributed by atoms with van der Waals surface area (Å²) >= 11 is 0. The van der Waals surface area contributed by atoms with Gasteiger partial charge in [-0.05, 0) is 76.4 Å². The van der Waals surface area contributed by atoms with E-state index in [9.17, 15) is 0 Å². The molecule has 0 unspecified atom stereocenters. The first kappa shape index (κ1) is 21.6. The number of likely N-dealkylation sites (tertiary alicyclic amines) is 1. The lowest BCUT2D eigenvalue weighted by Gasteiger charge is -2.39. The molecule has 32 heavy (non-hydrogen) atoms. The highest BCUT2D eigenvalue weighted by Gasteiger charge is 2.34. The summed E-state index contributed by atoms with van der Waals surface area (Å²) in [5, 5.41) is 0. The van der Waals surface area contributed by atoms with E-state index in [1.807, 2.05) is 12.3 Å². The third kappa shape index (κ3) is 4.32. The van der Waals surface area contributed by atoms with Gasteiger partial charge in [0, 0.05) is 31.2 Å². The van der Waals surface area contributed by atoms with Crippen molar-refractivity contribution in [1.29, 1.82) is 0 Å². The molecule has 0 aliphatic carbocycles. The fourth-order valence-corrected chi connectivity index (χ4v) is 5.51. The van der Waals surface area contributed by atoms with Crippen molar-refractivity contribution in [2.45, 2.75) is 51.1 Å². The van der Waals surface area contributed by atoms with Crippen molar-refractivity contribution >= 4 is 5.65 Å². The van der Waals surface area contributed by atoms with Gasteiger partial charge in [0.25, 0.3) is 0 Å². The summed E-state index contributed by atoms with van der Waals surface area (Å²) in [6.45, 7) is 7.14. The van der Waals surface area contributed by atoms with Crippen LogP contribution in [0.5, 0.6) is 0 Å². The van der Waals surface area contributed by atoms with Gasteiger partial charge in [0.1, 0.15) is 5.65 Å². The summed E-state index contributed by atoms with van der Waals surface area (Å²) in [6.07, 6.45) is 9.83. The largest absolute Gasteiger partial charge is 0.379 e. The van der Waals surface area contributed by atoms with Crippen molar-refractivity contribution in [3.05, 3.63) is 65.4 Å². The number of hydrogen-bond acceptors (Lipinski definition) is 5. The molecule has 2 aliphatic heterocycles. The van der Waals surface area contributed by atoms with E-state index >= 15 is 0 Å². The monoisotopic (exact) mass is 433 g/mol. The Morgan fingerprint density at radius 3 is 2.66 bits per heavy atom. The van der Waals surface area contributed by atoms with Crippen molar-refractivity contribution in [2.75, 3.05) is 39.9 Å². The zero-order valence-corrected chi connectivity index (χ0v) is 19.4. The molecule has 0 saturated carbocycles. The molecule has 6 heteroatoms. The van der Waals surface area contributed by atoms with Gasteiger partial charge in [-0.25, -0.2) is 4.98 Å². The number of hydrogen-bond donors (Lipinski definition) is 0. The van der Waals surface area contributed by atoms with Gasteiger partial charge >= 0.3 is 0 Å². The molecule has 0 radical (unpaired) electrons. The van der Waals surface area contributed by atoms with Gasteiger partial charge in [-0.3, -0.25) is 14.8 Å². The van der Waals surface area contributed by atoms with Crippen LogP contribution in [-0.2, 0) is 11.2 Å². The Bertz CT molecular complexity index is 1040. The van der Waals surface area contributed by atoms with Crippen LogP contribution in [-0.4, -0.2) is 64.1 Å². The maximum Gasteiger partial charge on any atom is 0.137 e. The van der Waals surface area contributed by atoms with Gasteiger partial charge in [0.05, 0.1) is 36.7 Å². The molecule has 2 aliphatic rings. The number of aryl methyl sites for hydroxylation is 2. The standard InChI is InChI=1S/C26H35N5O/c1-20-8-6-13-27-25(20)21-9-5-10-22(29(21)2)26-23(31-15-4-3-12-24(31)28-26)11-7-14-30-16-18-32-19-17-30/h3-4,6,8,12-13,15,21-22H,5,7,9-11,14,16-19H2,1-2H3/t21-,22+/m0/s1. The van der Waals surface area contributed by atoms with E-state index in [1.54, 1.807) is 0 Å². The maximum absolute atomic E-state index is 5.51. The molecule has 6 nitrogen and oxygen atoms in total. The van der Waals surface area contributed by atoms with Crippen LogP contribution in [0, 0.1) is 6.92 Å². The Morgan fingerprint density at radius 1 is 1.03 bits per heavy atom. The van der Waals surface area contributed by atoms with E-state index in [-0.39, 0.29) is 0 Å². The number of pyridine rings is 2. The van der Waals surface area contributed by atoms with Gasteiger partial charge in [-0.1, -0.05) is 12.1 Å². The van der Waals surface area contributed by atoms with Crippen molar-refractivity contribution < 1.29 is 4.74 Å². The molecule has 0 bridgehead atoms. The smallest absolute Gasteiger partial charge is 0.137 e. The maximum atomic E-state index is 5.51. The molecule has 5 rings (SSSR count). The van der Waals surface area contributed by atoms with Crippen LogP contribution >= 0.6 is 0 Å². The quantitative estimate of drug-likeness (QED) is 0.583. The van der Waals surface area contributed by atoms with E-state index in [0.29, 0.717) is 12.1 Å². The van der Waals surface area contributed by atoms with Gasteiger partial charge in [0.2, 0.25) is 0 Å². The minimum absolute atomic E-state index is 0.327. The van der Waals surface area contributed by atoms with Crippen LogP contribution < -0.4 is 0 Å². The number of nitrogens with zero attached hydrogens (tertiary/aromatic N) is 5. The fraction of sp³-hybridized carbons (Fsp3) is 0.538. The Hall–Kier alpha value is -2.28. The number of ether oxygens (including phenoxy) is 1. The number of piperidine rings is 1. The topological polar surface area (TPSA) is 45.9 Å². The summed E-state index contributed by atoms with van der Waals surface area (Å²) in [5.74, 6) is 0. The van der Waals surface area contributed by atoms with Gasteiger partial charge in [-0.2, -0.15) is 0 Å². The van der Waals surface area contributed by atoms with E-state index in [1.165, 1.54) is 29.1 Å². The average Bonchev–Trinajstić information content (AvgIpc) is 3.19. The number of morpholine rings is 1. The molecule has 170 valence electrons. The molecule has 0 N–H and O–H groups in total. The van der Waals surface area contributed by atoms with Gasteiger partial charge in [0.15, 0.2) is 0 Å². The fourth-order valence-electron chi connectivity index (χ4n) is 5.51.